The molecule has 0 aliphatic heterocycles. The molecule has 2 aromatic carbocycles. The molecule has 2 aliphatic carbocycles. The lowest BCUT2D eigenvalue weighted by atomic mass is 9.77. The van der Waals surface area contributed by atoms with Crippen molar-refractivity contribution >= 4 is 29.2 Å². The van der Waals surface area contributed by atoms with Gasteiger partial charge >= 0.3 is 0 Å². The number of fused-ring (bicyclic) bond motifs is 2. The number of carbonyl (C=O) groups excluding carboxylic acids is 4. The lowest BCUT2D eigenvalue weighted by Crippen LogP contribution is -2.17. The van der Waals surface area contributed by atoms with E-state index in [1.165, 1.54) is 6.08 Å². The fourth-order valence-corrected chi connectivity index (χ4v) is 4.92. The van der Waals surface area contributed by atoms with Crippen molar-refractivity contribution in [2.75, 3.05) is 0 Å². The summed E-state index contributed by atoms with van der Waals surface area (Å²) in [6.45, 7) is 7.34. The van der Waals surface area contributed by atoms with E-state index in [2.05, 4.69) is 0 Å². The first-order chi connectivity index (χ1) is 18.8. The Morgan fingerprint density at radius 3 is 1.73 bits per heavy atom. The molecule has 2 aromatic rings. The van der Waals surface area contributed by atoms with Crippen LogP contribution in [0.15, 0.2) is 59.7 Å². The van der Waals surface area contributed by atoms with Gasteiger partial charge in [-0.3, -0.25) is 19.2 Å². The van der Waals surface area contributed by atoms with Crippen molar-refractivity contribution in [2.24, 2.45) is 0 Å². The molecule has 0 fully saturated rings. The fourth-order valence-electron chi connectivity index (χ4n) is 4.92. The van der Waals surface area contributed by atoms with Gasteiger partial charge in [0.1, 0.15) is 23.0 Å². The molecule has 204 valence electrons. The first kappa shape index (κ1) is 28.0. The van der Waals surface area contributed by atoms with Gasteiger partial charge in [0.25, 0.3) is 0 Å². The Morgan fingerprint density at radius 1 is 0.700 bits per heavy atom. The van der Waals surface area contributed by atoms with E-state index in [1.54, 1.807) is 18.2 Å². The van der Waals surface area contributed by atoms with Crippen LogP contribution in [0.25, 0.3) is 6.08 Å². The molecule has 4 N–H and O–H groups in total. The van der Waals surface area contributed by atoms with Gasteiger partial charge in [0, 0.05) is 22.6 Å². The number of benzene rings is 2. The van der Waals surface area contributed by atoms with Crippen molar-refractivity contribution in [1.29, 1.82) is 0 Å². The minimum Gasteiger partial charge on any atom is -0.507 e. The number of phenolic OH excluding ortho intramolecular Hbond substituents is 4. The normalized spacial score (nSPS) is 14.8. The van der Waals surface area contributed by atoms with Crippen LogP contribution in [-0.2, 0) is 0 Å². The van der Waals surface area contributed by atoms with Crippen LogP contribution >= 0.6 is 0 Å². The maximum atomic E-state index is 12.9. The minimum atomic E-state index is -1.05. The molecule has 0 radical (unpaired) electrons. The maximum Gasteiger partial charge on any atom is 0.190 e. The van der Waals surface area contributed by atoms with E-state index >= 15 is 0 Å². The van der Waals surface area contributed by atoms with Gasteiger partial charge in [0.15, 0.2) is 23.1 Å². The van der Waals surface area contributed by atoms with Gasteiger partial charge in [-0.1, -0.05) is 35.5 Å². The van der Waals surface area contributed by atoms with Gasteiger partial charge < -0.3 is 20.4 Å². The van der Waals surface area contributed by atoms with Gasteiger partial charge in [0.05, 0.1) is 22.3 Å². The number of ketones is 4. The predicted octanol–water partition coefficient (Wildman–Crippen LogP) is 5.85. The summed E-state index contributed by atoms with van der Waals surface area (Å²) in [5, 5.41) is 45.0. The number of phenols is 4. The zero-order valence-corrected chi connectivity index (χ0v) is 22.4. The third kappa shape index (κ3) is 4.80. The van der Waals surface area contributed by atoms with Crippen LogP contribution in [0, 0.1) is 0 Å². The highest BCUT2D eigenvalue weighted by atomic mass is 16.3. The predicted molar refractivity (Wildman–Crippen MR) is 150 cm³/mol. The molecule has 0 saturated carbocycles. The average molecular weight is 541 g/mol. The van der Waals surface area contributed by atoms with E-state index in [9.17, 15) is 39.6 Å². The molecule has 0 bridgehead atoms. The Balaban J connectivity index is 2.14. The summed E-state index contributed by atoms with van der Waals surface area (Å²) in [5.74, 6) is -6.03. The van der Waals surface area contributed by atoms with Gasteiger partial charge in [-0.25, -0.2) is 0 Å². The second-order valence-corrected chi connectivity index (χ2v) is 10.2. The van der Waals surface area contributed by atoms with Crippen molar-refractivity contribution < 1.29 is 39.6 Å². The number of allylic oxidation sites excluding steroid dienone is 9. The molecule has 40 heavy (non-hydrogen) atoms. The number of rotatable bonds is 6. The first-order valence-electron chi connectivity index (χ1n) is 12.5. The Bertz CT molecular complexity index is 1650. The molecular weight excluding hydrogens is 512 g/mol. The van der Waals surface area contributed by atoms with E-state index in [1.807, 2.05) is 27.7 Å². The zero-order chi connectivity index (χ0) is 29.5. The van der Waals surface area contributed by atoms with Gasteiger partial charge in [-0.05, 0) is 64.5 Å². The number of aromatic hydroxyl groups is 4. The van der Waals surface area contributed by atoms with E-state index in [0.717, 1.165) is 41.5 Å². The largest absolute Gasteiger partial charge is 0.507 e. The van der Waals surface area contributed by atoms with E-state index in [0.29, 0.717) is 0 Å². The van der Waals surface area contributed by atoms with E-state index in [4.69, 9.17) is 0 Å². The quantitative estimate of drug-likeness (QED) is 0.203. The third-order valence-corrected chi connectivity index (χ3v) is 6.77. The molecule has 0 heterocycles. The summed E-state index contributed by atoms with van der Waals surface area (Å²) < 4.78 is 0. The third-order valence-electron chi connectivity index (χ3n) is 6.77. The molecule has 8 heteroatoms. The molecule has 2 aliphatic rings. The summed E-state index contributed by atoms with van der Waals surface area (Å²) in [6.07, 6.45) is 10.7. The van der Waals surface area contributed by atoms with E-state index in [-0.39, 0.29) is 39.8 Å². The summed E-state index contributed by atoms with van der Waals surface area (Å²) >= 11 is 0. The highest BCUT2D eigenvalue weighted by molar-refractivity contribution is 6.25. The first-order valence-corrected chi connectivity index (χ1v) is 12.5. The minimum absolute atomic E-state index is 0.0104. The lowest BCUT2D eigenvalue weighted by molar-refractivity contribution is 0.0988. The molecule has 8 nitrogen and oxygen atoms in total. The number of hydrogen-bond acceptors (Lipinski definition) is 8. The smallest absolute Gasteiger partial charge is 0.190 e. The van der Waals surface area contributed by atoms with Gasteiger partial charge in [-0.15, -0.1) is 0 Å². The maximum absolute atomic E-state index is 12.9. The molecule has 0 aromatic heterocycles. The van der Waals surface area contributed by atoms with Crippen molar-refractivity contribution in [1.82, 2.24) is 0 Å². The van der Waals surface area contributed by atoms with Crippen LogP contribution in [-0.4, -0.2) is 43.6 Å². The highest BCUT2D eigenvalue weighted by Crippen LogP contribution is 2.50. The molecule has 0 amide bonds. The van der Waals surface area contributed by atoms with Crippen molar-refractivity contribution in [3.8, 4) is 23.0 Å². The lowest BCUT2D eigenvalue weighted by Gasteiger charge is -2.27. The van der Waals surface area contributed by atoms with Crippen LogP contribution in [0.3, 0.4) is 0 Å². The van der Waals surface area contributed by atoms with Crippen LogP contribution < -0.4 is 0 Å². The standard InChI is InChI=1S/C32H28O8/c1-15(2)6-5-7-18-25(32(40)29-23(36)13-12-22(35)28(29)30(18)38)17(9-8-16(3)4)19-14-24(37)26-20(33)10-11-21(34)27(26)31(19)39/h5-8,10-14,17,37-40H,9H2,1-4H3/b7-5+. The zero-order valence-electron chi connectivity index (χ0n) is 22.4. The summed E-state index contributed by atoms with van der Waals surface area (Å²) in [4.78, 5) is 50.8. The Morgan fingerprint density at radius 2 is 1.20 bits per heavy atom. The highest BCUT2D eigenvalue weighted by Gasteiger charge is 2.37. The summed E-state index contributed by atoms with van der Waals surface area (Å²) in [6, 6.07) is 1.13. The second-order valence-electron chi connectivity index (χ2n) is 10.2. The Kier molecular flexibility index (Phi) is 7.46. The average Bonchev–Trinajstić information content (AvgIpc) is 2.88. The monoisotopic (exact) mass is 540 g/mol. The van der Waals surface area contributed by atoms with Crippen molar-refractivity contribution in [2.45, 2.75) is 40.0 Å². The van der Waals surface area contributed by atoms with Crippen molar-refractivity contribution in [3.63, 3.8) is 0 Å². The van der Waals surface area contributed by atoms with E-state index < -0.39 is 57.6 Å². The summed E-state index contributed by atoms with van der Waals surface area (Å²) in [5.41, 5.74) is 0.277. The molecule has 0 saturated heterocycles. The van der Waals surface area contributed by atoms with Gasteiger partial charge in [0.2, 0.25) is 0 Å². The topological polar surface area (TPSA) is 149 Å². The Hall–Kier alpha value is -4.98. The molecule has 0 spiro atoms. The van der Waals surface area contributed by atoms with Crippen LogP contribution in [0.1, 0.15) is 98.2 Å². The van der Waals surface area contributed by atoms with Crippen LogP contribution in [0.5, 0.6) is 23.0 Å². The summed E-state index contributed by atoms with van der Waals surface area (Å²) in [7, 11) is 0. The number of hydrogen-bond donors (Lipinski definition) is 4. The van der Waals surface area contributed by atoms with Gasteiger partial charge in [-0.2, -0.15) is 0 Å². The van der Waals surface area contributed by atoms with Crippen molar-refractivity contribution in [3.05, 3.63) is 98.7 Å². The van der Waals surface area contributed by atoms with Crippen LogP contribution in [0.2, 0.25) is 0 Å². The Labute approximate surface area is 230 Å². The fraction of sp³-hybridized carbons (Fsp3) is 0.188. The van der Waals surface area contributed by atoms with Crippen LogP contribution in [0.4, 0.5) is 0 Å². The second kappa shape index (κ2) is 10.6. The molecular formula is C32H28O8. The molecule has 1 atom stereocenters. The SMILES string of the molecule is CC(C)=C/C=C/c1c(O)c2c(c(O)c1C(CC=C(C)C)c1cc(O)c3c(c1O)C(=O)C=CC3=O)C(=O)C=CC2=O. The number of carbonyl (C=O) groups is 4. The molecule has 4 rings (SSSR count). The molecule has 1 unspecified atom stereocenters.